The van der Waals surface area contributed by atoms with Crippen LogP contribution in [0.25, 0.3) is 5.69 Å². The van der Waals surface area contributed by atoms with E-state index in [2.05, 4.69) is 15.4 Å². The maximum absolute atomic E-state index is 12.0. The number of aromatic nitrogens is 3. The molecule has 3 rings (SSSR count). The Morgan fingerprint density at radius 3 is 2.55 bits per heavy atom. The van der Waals surface area contributed by atoms with Crippen molar-refractivity contribution in [3.05, 3.63) is 72.8 Å². The van der Waals surface area contributed by atoms with Gasteiger partial charge in [-0.05, 0) is 24.3 Å². The van der Waals surface area contributed by atoms with E-state index in [-0.39, 0.29) is 5.91 Å². The number of rotatable bonds is 3. The summed E-state index contributed by atoms with van der Waals surface area (Å²) in [4.78, 5) is 15.9. The summed E-state index contributed by atoms with van der Waals surface area (Å²) in [5.41, 5.74) is 2.15. The van der Waals surface area contributed by atoms with Crippen LogP contribution >= 0.6 is 0 Å². The van der Waals surface area contributed by atoms with Gasteiger partial charge in [0.15, 0.2) is 0 Å². The molecule has 0 bridgehead atoms. The lowest BCUT2D eigenvalue weighted by Crippen LogP contribution is -2.11. The van der Waals surface area contributed by atoms with Gasteiger partial charge in [-0.3, -0.25) is 9.78 Å². The summed E-state index contributed by atoms with van der Waals surface area (Å²) in [5, 5.41) is 7.02. The van der Waals surface area contributed by atoms with Gasteiger partial charge in [0, 0.05) is 18.0 Å². The topological polar surface area (TPSA) is 59.8 Å². The van der Waals surface area contributed by atoms with E-state index in [0.29, 0.717) is 11.3 Å². The van der Waals surface area contributed by atoms with E-state index < -0.39 is 0 Å². The molecule has 0 atom stereocenters. The zero-order chi connectivity index (χ0) is 13.8. The molecule has 0 saturated carbocycles. The van der Waals surface area contributed by atoms with Crippen molar-refractivity contribution >= 4 is 11.6 Å². The van der Waals surface area contributed by atoms with E-state index in [4.69, 9.17) is 0 Å². The van der Waals surface area contributed by atoms with Gasteiger partial charge in [-0.15, -0.1) is 0 Å². The molecule has 5 nitrogen and oxygen atoms in total. The third-order valence-corrected chi connectivity index (χ3v) is 2.80. The number of nitrogens with zero attached hydrogens (tertiary/aromatic N) is 3. The second-order valence-corrected chi connectivity index (χ2v) is 4.20. The molecule has 0 aliphatic carbocycles. The predicted octanol–water partition coefficient (Wildman–Crippen LogP) is 2.52. The summed E-state index contributed by atoms with van der Waals surface area (Å²) in [6, 6.07) is 13.0. The lowest BCUT2D eigenvalue weighted by atomic mass is 10.2. The van der Waals surface area contributed by atoms with Gasteiger partial charge in [-0.2, -0.15) is 5.10 Å². The normalized spacial score (nSPS) is 10.2. The first-order valence-corrected chi connectivity index (χ1v) is 6.14. The number of hydrogen-bond acceptors (Lipinski definition) is 3. The molecule has 0 unspecified atom stereocenters. The van der Waals surface area contributed by atoms with Crippen molar-refractivity contribution < 1.29 is 4.79 Å². The minimum Gasteiger partial charge on any atom is -0.319 e. The maximum Gasteiger partial charge on any atom is 0.255 e. The van der Waals surface area contributed by atoms with Gasteiger partial charge in [0.1, 0.15) is 0 Å². The van der Waals surface area contributed by atoms with Gasteiger partial charge in [0.25, 0.3) is 5.91 Å². The molecule has 0 radical (unpaired) electrons. The average Bonchev–Trinajstić information content (AvgIpc) is 2.97. The second kappa shape index (κ2) is 5.36. The third-order valence-electron chi connectivity index (χ3n) is 2.80. The molecule has 0 fully saturated rings. The summed E-state index contributed by atoms with van der Waals surface area (Å²) < 4.78 is 1.71. The third kappa shape index (κ3) is 2.56. The van der Waals surface area contributed by atoms with Crippen molar-refractivity contribution in [1.29, 1.82) is 0 Å². The molecule has 1 N–H and O–H groups in total. The molecule has 1 aromatic carbocycles. The maximum atomic E-state index is 12.0. The fourth-order valence-electron chi connectivity index (χ4n) is 1.82. The van der Waals surface area contributed by atoms with Crippen LogP contribution in [0.3, 0.4) is 0 Å². The number of hydrogen-bond donors (Lipinski definition) is 1. The molecular weight excluding hydrogens is 252 g/mol. The van der Waals surface area contributed by atoms with Crippen LogP contribution in [-0.4, -0.2) is 20.7 Å². The highest BCUT2D eigenvalue weighted by Crippen LogP contribution is 2.12. The molecule has 2 heterocycles. The van der Waals surface area contributed by atoms with E-state index in [1.165, 1.54) is 0 Å². The fourth-order valence-corrected chi connectivity index (χ4v) is 1.82. The van der Waals surface area contributed by atoms with Crippen LogP contribution in [0.5, 0.6) is 0 Å². The van der Waals surface area contributed by atoms with Crippen molar-refractivity contribution in [2.45, 2.75) is 0 Å². The highest BCUT2D eigenvalue weighted by atomic mass is 16.1. The molecule has 0 aliphatic rings. The van der Waals surface area contributed by atoms with Crippen LogP contribution in [0, 0.1) is 0 Å². The van der Waals surface area contributed by atoms with Crippen LogP contribution in [0.2, 0.25) is 0 Å². The van der Waals surface area contributed by atoms with E-state index in [0.717, 1.165) is 5.69 Å². The van der Waals surface area contributed by atoms with Crippen LogP contribution < -0.4 is 5.32 Å². The lowest BCUT2D eigenvalue weighted by Gasteiger charge is -2.02. The summed E-state index contributed by atoms with van der Waals surface area (Å²) in [6.07, 6.45) is 6.56. The molecule has 20 heavy (non-hydrogen) atoms. The van der Waals surface area contributed by atoms with Crippen molar-refractivity contribution in [2.75, 3.05) is 5.32 Å². The molecule has 1 amide bonds. The summed E-state index contributed by atoms with van der Waals surface area (Å²) >= 11 is 0. The van der Waals surface area contributed by atoms with Gasteiger partial charge in [-0.25, -0.2) is 4.68 Å². The monoisotopic (exact) mass is 264 g/mol. The Hall–Kier alpha value is -2.95. The molecular formula is C15H12N4O. The van der Waals surface area contributed by atoms with Crippen LogP contribution in [0.1, 0.15) is 10.4 Å². The van der Waals surface area contributed by atoms with Gasteiger partial charge in [0.05, 0.1) is 23.8 Å². The molecule has 0 saturated heterocycles. The van der Waals surface area contributed by atoms with Gasteiger partial charge < -0.3 is 5.32 Å². The minimum absolute atomic E-state index is 0.181. The van der Waals surface area contributed by atoms with Crippen molar-refractivity contribution in [1.82, 2.24) is 14.8 Å². The number of nitrogens with one attached hydrogen (secondary N) is 1. The molecule has 5 heteroatoms. The Bertz CT molecular complexity index is 707. The zero-order valence-electron chi connectivity index (χ0n) is 10.6. The highest BCUT2D eigenvalue weighted by molar-refractivity contribution is 6.04. The van der Waals surface area contributed by atoms with Crippen LogP contribution in [-0.2, 0) is 0 Å². The number of carbonyl (C=O) groups is 1. The van der Waals surface area contributed by atoms with Crippen LogP contribution in [0.15, 0.2) is 67.3 Å². The first-order valence-electron chi connectivity index (χ1n) is 6.14. The molecule has 3 aromatic rings. The number of pyridine rings is 1. The summed E-state index contributed by atoms with van der Waals surface area (Å²) in [5.74, 6) is -0.181. The van der Waals surface area contributed by atoms with E-state index in [9.17, 15) is 4.79 Å². The lowest BCUT2D eigenvalue weighted by molar-refractivity contribution is 0.102. The van der Waals surface area contributed by atoms with Gasteiger partial charge in [0.2, 0.25) is 0 Å². The summed E-state index contributed by atoms with van der Waals surface area (Å²) in [7, 11) is 0. The predicted molar refractivity (Wildman–Crippen MR) is 75.8 cm³/mol. The van der Waals surface area contributed by atoms with Crippen molar-refractivity contribution in [2.24, 2.45) is 0 Å². The Labute approximate surface area is 115 Å². The first-order chi connectivity index (χ1) is 9.83. The average molecular weight is 264 g/mol. The second-order valence-electron chi connectivity index (χ2n) is 4.20. The van der Waals surface area contributed by atoms with E-state index in [1.807, 2.05) is 30.3 Å². The molecule has 98 valence electrons. The van der Waals surface area contributed by atoms with Crippen molar-refractivity contribution in [3.8, 4) is 5.69 Å². The van der Waals surface area contributed by atoms with Crippen LogP contribution in [0.4, 0.5) is 5.69 Å². The smallest absolute Gasteiger partial charge is 0.255 e. The highest BCUT2D eigenvalue weighted by Gasteiger charge is 2.07. The first kappa shape index (κ1) is 12.1. The van der Waals surface area contributed by atoms with Gasteiger partial charge >= 0.3 is 0 Å². The fraction of sp³-hybridized carbons (Fsp3) is 0. The Kier molecular flexibility index (Phi) is 3.24. The Morgan fingerprint density at radius 2 is 1.80 bits per heavy atom. The van der Waals surface area contributed by atoms with Crippen molar-refractivity contribution in [3.63, 3.8) is 0 Å². The number of amides is 1. The zero-order valence-corrected chi connectivity index (χ0v) is 10.6. The Balaban J connectivity index is 1.77. The molecule has 0 aliphatic heterocycles. The Morgan fingerprint density at radius 1 is 1.05 bits per heavy atom. The molecule has 0 spiro atoms. The SMILES string of the molecule is O=C(Nc1cnn(-c2ccccc2)c1)c1ccncc1. The van der Waals surface area contributed by atoms with E-state index in [1.54, 1.807) is 41.6 Å². The number of carbonyl (C=O) groups excluding carboxylic acids is 1. The van der Waals surface area contributed by atoms with Gasteiger partial charge in [-0.1, -0.05) is 18.2 Å². The number of anilines is 1. The standard InChI is InChI=1S/C15H12N4O/c20-15(12-6-8-16-9-7-12)18-13-10-17-19(11-13)14-4-2-1-3-5-14/h1-11H,(H,18,20). The number of benzene rings is 1. The largest absolute Gasteiger partial charge is 0.319 e. The quantitative estimate of drug-likeness (QED) is 0.790. The minimum atomic E-state index is -0.181. The van der Waals surface area contributed by atoms with E-state index >= 15 is 0 Å². The molecule has 2 aromatic heterocycles. The number of para-hydroxylation sites is 1. The summed E-state index contributed by atoms with van der Waals surface area (Å²) in [6.45, 7) is 0.